The molecule has 3 rings (SSSR count). The monoisotopic (exact) mass is 324 g/mol. The lowest BCUT2D eigenvalue weighted by Crippen LogP contribution is -2.45. The van der Waals surface area contributed by atoms with E-state index in [4.69, 9.17) is 4.74 Å². The molecule has 0 unspecified atom stereocenters. The van der Waals surface area contributed by atoms with E-state index in [0.717, 1.165) is 17.7 Å². The summed E-state index contributed by atoms with van der Waals surface area (Å²) in [6.45, 7) is 3.34. The minimum absolute atomic E-state index is 0.0416. The smallest absolute Gasteiger partial charge is 0.240 e. The number of nitrogens with zero attached hydrogens (tertiary/aromatic N) is 1. The van der Waals surface area contributed by atoms with Crippen molar-refractivity contribution in [3.8, 4) is 5.75 Å². The Kier molecular flexibility index (Phi) is 4.10. The molecule has 0 spiro atoms. The van der Waals surface area contributed by atoms with Crippen LogP contribution >= 0.6 is 0 Å². The quantitative estimate of drug-likeness (QED) is 0.897. The molecule has 6 nitrogen and oxygen atoms in total. The van der Waals surface area contributed by atoms with Gasteiger partial charge in [0.1, 0.15) is 5.75 Å². The lowest BCUT2D eigenvalue weighted by molar-refractivity contribution is -0.129. The Morgan fingerprint density at radius 1 is 1.32 bits per heavy atom. The number of piperidine rings is 1. The summed E-state index contributed by atoms with van der Waals surface area (Å²) in [6.07, 6.45) is 2.04. The van der Waals surface area contributed by atoms with E-state index >= 15 is 0 Å². The molecule has 7 heteroatoms. The van der Waals surface area contributed by atoms with Crippen LogP contribution in [0.5, 0.6) is 5.75 Å². The number of amides is 1. The molecule has 0 atom stereocenters. The first kappa shape index (κ1) is 15.3. The molecule has 0 radical (unpaired) electrons. The second-order valence-corrected chi connectivity index (χ2v) is 7.48. The average Bonchev–Trinajstić information content (AvgIpc) is 2.94. The summed E-state index contributed by atoms with van der Waals surface area (Å²) in [4.78, 5) is 13.3. The first-order valence-corrected chi connectivity index (χ1v) is 8.97. The van der Waals surface area contributed by atoms with E-state index in [2.05, 4.69) is 4.72 Å². The number of fused-ring (bicyclic) bond motifs is 1. The molecule has 0 saturated carbocycles. The van der Waals surface area contributed by atoms with Gasteiger partial charge in [-0.1, -0.05) is 0 Å². The summed E-state index contributed by atoms with van der Waals surface area (Å²) in [5, 5.41) is 0. The minimum atomic E-state index is -3.53. The molecule has 1 amide bonds. The maximum absolute atomic E-state index is 12.5. The molecular weight excluding hydrogens is 304 g/mol. The van der Waals surface area contributed by atoms with Crippen molar-refractivity contribution in [2.24, 2.45) is 0 Å². The Hall–Kier alpha value is -1.60. The van der Waals surface area contributed by atoms with Gasteiger partial charge in [-0.2, -0.15) is 0 Å². The number of carbonyl (C=O) groups is 1. The number of carbonyl (C=O) groups excluding carboxylic acids is 1. The van der Waals surface area contributed by atoms with Crippen LogP contribution in [-0.4, -0.2) is 45.0 Å². The minimum Gasteiger partial charge on any atom is -0.493 e. The lowest BCUT2D eigenvalue weighted by atomic mass is 10.1. The fourth-order valence-electron chi connectivity index (χ4n) is 2.93. The van der Waals surface area contributed by atoms with Crippen LogP contribution in [0.2, 0.25) is 0 Å². The highest BCUT2D eigenvalue weighted by atomic mass is 32.2. The third-order valence-electron chi connectivity index (χ3n) is 4.23. The summed E-state index contributed by atoms with van der Waals surface area (Å²) >= 11 is 0. The Balaban J connectivity index is 1.68. The van der Waals surface area contributed by atoms with Gasteiger partial charge in [0.05, 0.1) is 11.5 Å². The number of ether oxygens (including phenoxy) is 1. The number of sulfonamides is 1. The number of likely N-dealkylation sites (tertiary alicyclic amines) is 1. The summed E-state index contributed by atoms with van der Waals surface area (Å²) in [6, 6.07) is 4.87. The fraction of sp³-hybridized carbons (Fsp3) is 0.533. The molecule has 2 aliphatic rings. The van der Waals surface area contributed by atoms with E-state index in [-0.39, 0.29) is 16.8 Å². The van der Waals surface area contributed by atoms with Gasteiger partial charge in [0.2, 0.25) is 15.9 Å². The predicted octanol–water partition coefficient (Wildman–Crippen LogP) is 0.911. The number of hydrogen-bond acceptors (Lipinski definition) is 4. The van der Waals surface area contributed by atoms with Crippen molar-refractivity contribution in [2.45, 2.75) is 37.1 Å². The van der Waals surface area contributed by atoms with Gasteiger partial charge in [-0.15, -0.1) is 0 Å². The molecule has 1 N–H and O–H groups in total. The van der Waals surface area contributed by atoms with Gasteiger partial charge in [0.25, 0.3) is 0 Å². The Morgan fingerprint density at radius 2 is 2.05 bits per heavy atom. The average molecular weight is 324 g/mol. The van der Waals surface area contributed by atoms with Crippen molar-refractivity contribution in [2.75, 3.05) is 19.7 Å². The van der Waals surface area contributed by atoms with Crippen molar-refractivity contribution in [1.82, 2.24) is 9.62 Å². The highest BCUT2D eigenvalue weighted by Crippen LogP contribution is 2.27. The van der Waals surface area contributed by atoms with E-state index in [9.17, 15) is 13.2 Å². The topological polar surface area (TPSA) is 75.7 Å². The normalized spacial score (nSPS) is 18.9. The largest absolute Gasteiger partial charge is 0.493 e. The molecule has 1 fully saturated rings. The van der Waals surface area contributed by atoms with Gasteiger partial charge < -0.3 is 9.64 Å². The zero-order chi connectivity index (χ0) is 15.7. The Morgan fingerprint density at radius 3 is 2.73 bits per heavy atom. The molecule has 0 aliphatic carbocycles. The second-order valence-electron chi connectivity index (χ2n) is 5.77. The van der Waals surface area contributed by atoms with E-state index < -0.39 is 10.0 Å². The first-order chi connectivity index (χ1) is 10.5. The first-order valence-electron chi connectivity index (χ1n) is 7.49. The maximum atomic E-state index is 12.5. The van der Waals surface area contributed by atoms with Crippen molar-refractivity contribution in [3.63, 3.8) is 0 Å². The zero-order valence-corrected chi connectivity index (χ0v) is 13.4. The second kappa shape index (κ2) is 5.89. The van der Waals surface area contributed by atoms with Gasteiger partial charge >= 0.3 is 0 Å². The zero-order valence-electron chi connectivity index (χ0n) is 12.5. The van der Waals surface area contributed by atoms with Crippen LogP contribution in [0, 0.1) is 0 Å². The molecule has 2 aliphatic heterocycles. The van der Waals surface area contributed by atoms with Gasteiger partial charge in [-0.25, -0.2) is 13.1 Å². The van der Waals surface area contributed by atoms with Crippen LogP contribution in [0.3, 0.4) is 0 Å². The molecule has 0 bridgehead atoms. The van der Waals surface area contributed by atoms with Crippen LogP contribution in [0.15, 0.2) is 23.1 Å². The standard InChI is InChI=1S/C15H20N2O4S/c1-11(18)17-7-4-13(5-8-17)16-22(19,20)14-2-3-15-12(10-14)6-9-21-15/h2-3,10,13,16H,4-9H2,1H3. The molecule has 2 heterocycles. The van der Waals surface area contributed by atoms with Gasteiger partial charge in [0.15, 0.2) is 0 Å². The lowest BCUT2D eigenvalue weighted by Gasteiger charge is -2.31. The van der Waals surface area contributed by atoms with E-state index in [0.29, 0.717) is 32.5 Å². The van der Waals surface area contributed by atoms with E-state index in [1.165, 1.54) is 6.92 Å². The molecule has 1 saturated heterocycles. The molecule has 120 valence electrons. The van der Waals surface area contributed by atoms with Gasteiger partial charge in [-0.05, 0) is 36.6 Å². The van der Waals surface area contributed by atoms with Crippen molar-refractivity contribution in [1.29, 1.82) is 0 Å². The third-order valence-corrected chi connectivity index (χ3v) is 5.75. The fourth-order valence-corrected chi connectivity index (χ4v) is 4.29. The SMILES string of the molecule is CC(=O)N1CCC(NS(=O)(=O)c2ccc3c(c2)CCO3)CC1. The van der Waals surface area contributed by atoms with Crippen LogP contribution in [-0.2, 0) is 21.2 Å². The number of nitrogens with one attached hydrogen (secondary N) is 1. The van der Waals surface area contributed by atoms with Crippen LogP contribution < -0.4 is 9.46 Å². The summed E-state index contributed by atoms with van der Waals surface area (Å²) < 4.78 is 33.1. The molecule has 1 aromatic carbocycles. The summed E-state index contributed by atoms with van der Waals surface area (Å²) in [5.74, 6) is 0.814. The third kappa shape index (κ3) is 3.10. The molecule has 1 aromatic rings. The highest BCUT2D eigenvalue weighted by molar-refractivity contribution is 7.89. The number of rotatable bonds is 3. The van der Waals surface area contributed by atoms with Crippen molar-refractivity contribution >= 4 is 15.9 Å². The highest BCUT2D eigenvalue weighted by Gasteiger charge is 2.26. The van der Waals surface area contributed by atoms with Crippen LogP contribution in [0.1, 0.15) is 25.3 Å². The number of hydrogen-bond donors (Lipinski definition) is 1. The van der Waals surface area contributed by atoms with Crippen molar-refractivity contribution in [3.05, 3.63) is 23.8 Å². The van der Waals surface area contributed by atoms with Gasteiger partial charge in [-0.3, -0.25) is 4.79 Å². The maximum Gasteiger partial charge on any atom is 0.240 e. The van der Waals surface area contributed by atoms with Crippen LogP contribution in [0.4, 0.5) is 0 Å². The number of benzene rings is 1. The predicted molar refractivity (Wildman–Crippen MR) is 81.2 cm³/mol. The van der Waals surface area contributed by atoms with Gasteiger partial charge in [0, 0.05) is 32.5 Å². The molecular formula is C15H20N2O4S. The Labute approximate surface area is 130 Å². The summed E-state index contributed by atoms with van der Waals surface area (Å²) in [7, 11) is -3.53. The summed E-state index contributed by atoms with van der Waals surface area (Å²) in [5.41, 5.74) is 0.939. The Bertz CT molecular complexity index is 679. The molecule has 22 heavy (non-hydrogen) atoms. The van der Waals surface area contributed by atoms with Crippen LogP contribution in [0.25, 0.3) is 0 Å². The van der Waals surface area contributed by atoms with E-state index in [1.54, 1.807) is 23.1 Å². The van der Waals surface area contributed by atoms with Crippen molar-refractivity contribution < 1.29 is 17.9 Å². The van der Waals surface area contributed by atoms with E-state index in [1.807, 2.05) is 0 Å². The molecule has 0 aromatic heterocycles.